The van der Waals surface area contributed by atoms with Crippen molar-refractivity contribution in [3.05, 3.63) is 84.4 Å². The van der Waals surface area contributed by atoms with Gasteiger partial charge in [0.1, 0.15) is 23.0 Å². The molecular weight excluding hydrogens is 761 g/mol. The molecule has 2 heterocycles. The van der Waals surface area contributed by atoms with E-state index in [-0.39, 0.29) is 43.5 Å². The molecule has 6 heteroatoms. The van der Waals surface area contributed by atoms with Crippen molar-refractivity contribution in [2.75, 3.05) is 0 Å². The first-order valence-electron chi connectivity index (χ1n) is 17.2. The fraction of sp³-hybridized carbons (Fsp3) is 0.439. The van der Waals surface area contributed by atoms with Crippen molar-refractivity contribution >= 4 is 38.6 Å². The van der Waals surface area contributed by atoms with Crippen LogP contribution in [0.5, 0.6) is 0 Å². The zero-order valence-corrected chi connectivity index (χ0v) is 31.1. The molecule has 1 saturated carbocycles. The molecule has 1 radical (unpaired) electrons. The number of hydrogen-bond acceptors (Lipinski definition) is 5. The zero-order valence-electron chi connectivity index (χ0n) is 28.7. The molecule has 5 nitrogen and oxygen atoms in total. The molecule has 0 spiro atoms. The van der Waals surface area contributed by atoms with Crippen LogP contribution >= 0.6 is 0 Å². The second-order valence-corrected chi connectivity index (χ2v) is 13.7. The van der Waals surface area contributed by atoms with Gasteiger partial charge in [-0.25, -0.2) is 4.98 Å². The maximum Gasteiger partial charge on any atom is 0.162 e. The Hall–Kier alpha value is -3.34. The summed E-state index contributed by atoms with van der Waals surface area (Å²) in [6.07, 6.45) is 11.6. The first-order valence-corrected chi connectivity index (χ1v) is 17.2. The third-order valence-corrected chi connectivity index (χ3v) is 10.1. The van der Waals surface area contributed by atoms with E-state index >= 15 is 0 Å². The number of hydrogen-bond donors (Lipinski definition) is 1. The summed E-state index contributed by atoms with van der Waals surface area (Å²) in [6, 6.07) is 22.6. The molecule has 3 aromatic carbocycles. The molecule has 1 aliphatic carbocycles. The van der Waals surface area contributed by atoms with Crippen molar-refractivity contribution in [2.45, 2.75) is 98.8 Å². The van der Waals surface area contributed by atoms with Crippen LogP contribution < -0.4 is 0 Å². The standard InChI is InChI=1S/C28H25N2O.C13H24O2.Ir/c1-28(2)13-11-19(12-14-28)21-9-10-23-24(16-21)31-27-25(29-17-30-26(23)27)22-8-7-18-5-3-4-6-20(18)15-22;1-5-10(6-2)12(14)9-13(15)11(7-3)8-4;/h3-10,16-17,19H,11-14H2,1-2H3;9-11,14H,5-8H2,1-4H3;/q-1;;/b;12-9-;. The number of fused-ring (bicyclic) bond motifs is 4. The van der Waals surface area contributed by atoms with Crippen molar-refractivity contribution in [3.63, 3.8) is 0 Å². The van der Waals surface area contributed by atoms with Gasteiger partial charge in [-0.05, 0) is 80.4 Å². The van der Waals surface area contributed by atoms with E-state index in [4.69, 9.17) is 4.42 Å². The van der Waals surface area contributed by atoms with E-state index in [0.29, 0.717) is 11.3 Å². The summed E-state index contributed by atoms with van der Waals surface area (Å²) in [4.78, 5) is 20.8. The monoisotopic (exact) mass is 810 g/mol. The van der Waals surface area contributed by atoms with Crippen LogP contribution in [0.4, 0.5) is 0 Å². The summed E-state index contributed by atoms with van der Waals surface area (Å²) >= 11 is 0. The average molecular weight is 810 g/mol. The molecule has 6 rings (SSSR count). The summed E-state index contributed by atoms with van der Waals surface area (Å²) in [5.41, 5.74) is 6.10. The Kier molecular flexibility index (Phi) is 12.6. The Bertz CT molecular complexity index is 1820. The fourth-order valence-electron chi connectivity index (χ4n) is 6.80. The Morgan fingerprint density at radius 1 is 0.957 bits per heavy atom. The second-order valence-electron chi connectivity index (χ2n) is 13.7. The summed E-state index contributed by atoms with van der Waals surface area (Å²) < 4.78 is 6.38. The van der Waals surface area contributed by atoms with E-state index < -0.39 is 0 Å². The average Bonchev–Trinajstić information content (AvgIpc) is 3.44. The van der Waals surface area contributed by atoms with E-state index in [9.17, 15) is 9.90 Å². The number of rotatable bonds is 9. The molecule has 2 aromatic heterocycles. The van der Waals surface area contributed by atoms with Crippen molar-refractivity contribution < 1.29 is 34.4 Å². The quantitative estimate of drug-likeness (QED) is 0.0912. The Morgan fingerprint density at radius 2 is 1.64 bits per heavy atom. The van der Waals surface area contributed by atoms with Gasteiger partial charge in [-0.15, -0.1) is 29.7 Å². The molecule has 251 valence electrons. The predicted molar refractivity (Wildman–Crippen MR) is 190 cm³/mol. The first-order chi connectivity index (χ1) is 22.2. The molecular formula is C41H49IrN2O3-. The van der Waals surface area contributed by atoms with E-state index in [1.54, 1.807) is 6.33 Å². The summed E-state index contributed by atoms with van der Waals surface area (Å²) in [7, 11) is 0. The number of nitrogens with zero attached hydrogens (tertiary/aromatic N) is 2. The third kappa shape index (κ3) is 8.39. The first kappa shape index (κ1) is 36.5. The predicted octanol–water partition coefficient (Wildman–Crippen LogP) is 11.5. The molecule has 1 aliphatic rings. The molecule has 0 bridgehead atoms. The minimum atomic E-state index is 0. The third-order valence-electron chi connectivity index (χ3n) is 10.1. The van der Waals surface area contributed by atoms with Gasteiger partial charge in [0.2, 0.25) is 0 Å². The van der Waals surface area contributed by atoms with E-state index in [1.165, 1.54) is 42.7 Å². The van der Waals surface area contributed by atoms with Gasteiger partial charge in [-0.1, -0.05) is 76.8 Å². The molecule has 1 N–H and O–H groups in total. The Morgan fingerprint density at radius 3 is 2.32 bits per heavy atom. The largest absolute Gasteiger partial charge is 0.512 e. The Balaban J connectivity index is 0.000000269. The van der Waals surface area contributed by atoms with Gasteiger partial charge in [-0.3, -0.25) is 9.78 Å². The van der Waals surface area contributed by atoms with Crippen LogP contribution in [0.2, 0.25) is 0 Å². The Labute approximate surface area is 293 Å². The van der Waals surface area contributed by atoms with Gasteiger partial charge in [-0.2, -0.15) is 0 Å². The fourth-order valence-corrected chi connectivity index (χ4v) is 6.80. The minimum absolute atomic E-state index is 0. The summed E-state index contributed by atoms with van der Waals surface area (Å²) in [5, 5.41) is 13.1. The van der Waals surface area contributed by atoms with Gasteiger partial charge in [0, 0.05) is 43.4 Å². The number of aliphatic hydroxyl groups excluding tert-OH is 1. The van der Waals surface area contributed by atoms with Gasteiger partial charge < -0.3 is 9.52 Å². The van der Waals surface area contributed by atoms with Crippen molar-refractivity contribution in [1.82, 2.24) is 9.97 Å². The molecule has 0 atom stereocenters. The van der Waals surface area contributed by atoms with E-state index in [1.807, 2.05) is 39.8 Å². The summed E-state index contributed by atoms with van der Waals surface area (Å²) in [5.74, 6) is 1.16. The smallest absolute Gasteiger partial charge is 0.162 e. The van der Waals surface area contributed by atoms with E-state index in [2.05, 4.69) is 72.3 Å². The van der Waals surface area contributed by atoms with Gasteiger partial charge in [0.25, 0.3) is 0 Å². The maximum atomic E-state index is 11.7. The van der Waals surface area contributed by atoms with Crippen LogP contribution in [0.1, 0.15) is 104 Å². The van der Waals surface area contributed by atoms with Gasteiger partial charge in [0.15, 0.2) is 5.78 Å². The molecule has 0 aliphatic heterocycles. The normalized spacial score (nSPS) is 15.2. The van der Waals surface area contributed by atoms with Gasteiger partial charge in [0.05, 0.1) is 11.5 Å². The number of carbonyl (C=O) groups is 1. The zero-order chi connectivity index (χ0) is 32.8. The minimum Gasteiger partial charge on any atom is -0.512 e. The number of benzene rings is 3. The molecule has 0 amide bonds. The van der Waals surface area contributed by atoms with Crippen LogP contribution in [0.25, 0.3) is 44.1 Å². The van der Waals surface area contributed by atoms with Gasteiger partial charge >= 0.3 is 0 Å². The van der Waals surface area contributed by atoms with Crippen molar-refractivity contribution in [2.24, 2.45) is 17.3 Å². The summed E-state index contributed by atoms with van der Waals surface area (Å²) in [6.45, 7) is 12.8. The number of allylic oxidation sites excluding steroid dienone is 2. The van der Waals surface area contributed by atoms with Crippen LogP contribution in [0.3, 0.4) is 0 Å². The van der Waals surface area contributed by atoms with Crippen LogP contribution in [0, 0.1) is 23.3 Å². The molecule has 0 saturated heterocycles. The van der Waals surface area contributed by atoms with Crippen LogP contribution in [0.15, 0.2) is 77.2 Å². The molecule has 0 unspecified atom stereocenters. The van der Waals surface area contributed by atoms with Crippen LogP contribution in [-0.4, -0.2) is 20.9 Å². The number of ketones is 1. The van der Waals surface area contributed by atoms with Crippen LogP contribution in [-0.2, 0) is 24.9 Å². The molecule has 5 aromatic rings. The number of furan rings is 1. The number of carbonyl (C=O) groups excluding carboxylic acids is 1. The molecule has 47 heavy (non-hydrogen) atoms. The topological polar surface area (TPSA) is 76.2 Å². The number of aromatic nitrogens is 2. The van der Waals surface area contributed by atoms with Crippen molar-refractivity contribution in [1.29, 1.82) is 0 Å². The molecule has 1 fully saturated rings. The SMILES string of the molecule is CC1(C)CCC(c2ccc3c(c2)oc2c(-c4[c-]c5ccccc5cc4)ncnc23)CC1.CCC(CC)C(=O)/C=C(\O)C(CC)CC.[Ir]. The maximum absolute atomic E-state index is 11.7. The second kappa shape index (κ2) is 16.2. The van der Waals surface area contributed by atoms with Crippen molar-refractivity contribution in [3.8, 4) is 11.3 Å². The number of aliphatic hydroxyl groups is 1. The van der Waals surface area contributed by atoms with E-state index in [0.717, 1.165) is 64.4 Å².